The fraction of sp³-hybridized carbons (Fsp3) is 0.889. The molecule has 0 aromatic carbocycles. The number of aldehydes is 1. The average molecular weight is 206 g/mol. The van der Waals surface area contributed by atoms with Crippen molar-refractivity contribution in [3.8, 4) is 0 Å². The molecule has 5 nitrogen and oxygen atoms in total. The van der Waals surface area contributed by atoms with Gasteiger partial charge in [-0.05, 0) is 0 Å². The minimum atomic E-state index is 0.0365. The van der Waals surface area contributed by atoms with Crippen LogP contribution in [0.15, 0.2) is 0 Å². The average Bonchev–Trinajstić information content (AvgIpc) is 2.21. The fourth-order valence-electron chi connectivity index (χ4n) is 0.738. The van der Waals surface area contributed by atoms with E-state index in [1.54, 1.807) is 0 Å². The standard InChI is InChI=1S/C9H18O5/c10-2-1-4-12-6-8-14-9-7-13-5-3-11/h2,11H,1,3-9H2. The van der Waals surface area contributed by atoms with Gasteiger partial charge in [0.1, 0.15) is 6.29 Å². The molecule has 0 radical (unpaired) electrons. The van der Waals surface area contributed by atoms with Crippen LogP contribution in [0, 0.1) is 0 Å². The zero-order valence-corrected chi connectivity index (χ0v) is 8.31. The number of hydrogen-bond acceptors (Lipinski definition) is 5. The van der Waals surface area contributed by atoms with E-state index < -0.39 is 0 Å². The van der Waals surface area contributed by atoms with Gasteiger partial charge in [0, 0.05) is 6.42 Å². The molecule has 0 heterocycles. The number of hydrogen-bond donors (Lipinski definition) is 1. The summed E-state index contributed by atoms with van der Waals surface area (Å²) in [5, 5.41) is 8.38. The summed E-state index contributed by atoms with van der Waals surface area (Å²) >= 11 is 0. The molecule has 84 valence electrons. The Hall–Kier alpha value is -0.490. The van der Waals surface area contributed by atoms with Crippen molar-refractivity contribution in [2.45, 2.75) is 6.42 Å². The third-order valence-corrected chi connectivity index (χ3v) is 1.36. The summed E-state index contributed by atoms with van der Waals surface area (Å²) in [7, 11) is 0. The first kappa shape index (κ1) is 13.5. The highest BCUT2D eigenvalue weighted by atomic mass is 16.5. The molecule has 0 unspecified atom stereocenters. The van der Waals surface area contributed by atoms with Crippen LogP contribution in [0.25, 0.3) is 0 Å². The van der Waals surface area contributed by atoms with Crippen LogP contribution in [-0.4, -0.2) is 57.6 Å². The molecular formula is C9H18O5. The van der Waals surface area contributed by atoms with Gasteiger partial charge in [0.15, 0.2) is 0 Å². The Morgan fingerprint density at radius 3 is 1.86 bits per heavy atom. The number of aliphatic hydroxyl groups excluding tert-OH is 1. The second-order valence-corrected chi connectivity index (χ2v) is 2.52. The molecule has 0 amide bonds. The van der Waals surface area contributed by atoms with Crippen LogP contribution in [0.1, 0.15) is 6.42 Å². The molecule has 5 heteroatoms. The van der Waals surface area contributed by atoms with Crippen molar-refractivity contribution in [3.05, 3.63) is 0 Å². The van der Waals surface area contributed by atoms with E-state index in [1.807, 2.05) is 0 Å². The molecule has 0 rings (SSSR count). The quantitative estimate of drug-likeness (QED) is 0.368. The SMILES string of the molecule is O=CCCOCCOCCOCCO. The van der Waals surface area contributed by atoms with E-state index in [1.165, 1.54) is 0 Å². The van der Waals surface area contributed by atoms with Gasteiger partial charge in [0.25, 0.3) is 0 Å². The van der Waals surface area contributed by atoms with Gasteiger partial charge < -0.3 is 24.1 Å². The summed E-state index contributed by atoms with van der Waals surface area (Å²) in [6.45, 7) is 2.81. The summed E-state index contributed by atoms with van der Waals surface area (Å²) in [6.07, 6.45) is 1.25. The smallest absolute Gasteiger partial charge is 0.122 e. The summed E-state index contributed by atoms with van der Waals surface area (Å²) in [6, 6.07) is 0. The zero-order valence-electron chi connectivity index (χ0n) is 8.31. The van der Waals surface area contributed by atoms with Crippen molar-refractivity contribution in [2.24, 2.45) is 0 Å². The second kappa shape index (κ2) is 12.5. The maximum Gasteiger partial charge on any atom is 0.122 e. The van der Waals surface area contributed by atoms with E-state index in [2.05, 4.69) is 0 Å². The van der Waals surface area contributed by atoms with E-state index in [9.17, 15) is 4.79 Å². The van der Waals surface area contributed by atoms with E-state index in [4.69, 9.17) is 19.3 Å². The first-order chi connectivity index (χ1) is 6.91. The topological polar surface area (TPSA) is 65.0 Å². The monoisotopic (exact) mass is 206 g/mol. The van der Waals surface area contributed by atoms with Gasteiger partial charge in [-0.2, -0.15) is 0 Å². The molecule has 0 aliphatic heterocycles. The van der Waals surface area contributed by atoms with Crippen molar-refractivity contribution in [2.75, 3.05) is 46.2 Å². The van der Waals surface area contributed by atoms with Crippen LogP contribution in [0.5, 0.6) is 0 Å². The molecule has 0 saturated carbocycles. The van der Waals surface area contributed by atoms with Crippen LogP contribution in [0.3, 0.4) is 0 Å². The first-order valence-corrected chi connectivity index (χ1v) is 4.69. The lowest BCUT2D eigenvalue weighted by Gasteiger charge is -2.04. The van der Waals surface area contributed by atoms with Gasteiger partial charge >= 0.3 is 0 Å². The third kappa shape index (κ3) is 11.5. The molecule has 0 aromatic heterocycles. The van der Waals surface area contributed by atoms with Crippen LogP contribution in [0.4, 0.5) is 0 Å². The van der Waals surface area contributed by atoms with Gasteiger partial charge in [-0.25, -0.2) is 0 Å². The molecule has 14 heavy (non-hydrogen) atoms. The zero-order chi connectivity index (χ0) is 10.5. The normalized spacial score (nSPS) is 10.4. The van der Waals surface area contributed by atoms with E-state index in [0.29, 0.717) is 46.1 Å². The van der Waals surface area contributed by atoms with E-state index in [0.717, 1.165) is 6.29 Å². The maximum absolute atomic E-state index is 9.89. The number of rotatable bonds is 11. The van der Waals surface area contributed by atoms with Crippen molar-refractivity contribution in [1.82, 2.24) is 0 Å². The predicted octanol–water partition coefficient (Wildman–Crippen LogP) is -0.382. The molecule has 0 aliphatic carbocycles. The molecule has 0 aromatic rings. The lowest BCUT2D eigenvalue weighted by Crippen LogP contribution is -2.11. The summed E-state index contributed by atoms with van der Waals surface area (Å²) in [5.74, 6) is 0. The molecule has 0 atom stereocenters. The Bertz CT molecular complexity index is 118. The van der Waals surface area contributed by atoms with Crippen LogP contribution in [0.2, 0.25) is 0 Å². The summed E-state index contributed by atoms with van der Waals surface area (Å²) in [5.41, 5.74) is 0. The predicted molar refractivity (Wildman–Crippen MR) is 50.2 cm³/mol. The summed E-state index contributed by atoms with van der Waals surface area (Å²) < 4.78 is 15.2. The molecule has 0 aliphatic rings. The Labute approximate surface area is 84.0 Å². The summed E-state index contributed by atoms with van der Waals surface area (Å²) in [4.78, 5) is 9.89. The minimum Gasteiger partial charge on any atom is -0.394 e. The first-order valence-electron chi connectivity index (χ1n) is 4.69. The highest BCUT2D eigenvalue weighted by Gasteiger charge is 1.90. The molecule has 0 saturated heterocycles. The third-order valence-electron chi connectivity index (χ3n) is 1.36. The van der Waals surface area contributed by atoms with Gasteiger partial charge in [-0.15, -0.1) is 0 Å². The Morgan fingerprint density at radius 2 is 1.36 bits per heavy atom. The lowest BCUT2D eigenvalue weighted by molar-refractivity contribution is -0.108. The highest BCUT2D eigenvalue weighted by molar-refractivity contribution is 5.49. The molecule has 0 spiro atoms. The van der Waals surface area contributed by atoms with Gasteiger partial charge in [0.05, 0.1) is 46.2 Å². The molecule has 0 bridgehead atoms. The lowest BCUT2D eigenvalue weighted by atomic mass is 10.5. The molecule has 0 fully saturated rings. The van der Waals surface area contributed by atoms with Crippen LogP contribution in [-0.2, 0) is 19.0 Å². The Balaban J connectivity index is 2.81. The van der Waals surface area contributed by atoms with Crippen molar-refractivity contribution < 1.29 is 24.1 Å². The number of ether oxygens (including phenoxy) is 3. The molecule has 1 N–H and O–H groups in total. The number of carbonyl (C=O) groups excluding carboxylic acids is 1. The van der Waals surface area contributed by atoms with Crippen molar-refractivity contribution in [3.63, 3.8) is 0 Å². The van der Waals surface area contributed by atoms with Crippen LogP contribution < -0.4 is 0 Å². The van der Waals surface area contributed by atoms with Crippen molar-refractivity contribution >= 4 is 6.29 Å². The van der Waals surface area contributed by atoms with Crippen LogP contribution >= 0.6 is 0 Å². The fourth-order valence-corrected chi connectivity index (χ4v) is 0.738. The Kier molecular flexibility index (Phi) is 12.1. The Morgan fingerprint density at radius 1 is 0.857 bits per heavy atom. The molecular weight excluding hydrogens is 188 g/mol. The minimum absolute atomic E-state index is 0.0365. The largest absolute Gasteiger partial charge is 0.394 e. The van der Waals surface area contributed by atoms with E-state index >= 15 is 0 Å². The van der Waals surface area contributed by atoms with Gasteiger partial charge in [-0.1, -0.05) is 0 Å². The van der Waals surface area contributed by atoms with Gasteiger partial charge in [-0.3, -0.25) is 0 Å². The number of aliphatic hydroxyl groups is 1. The van der Waals surface area contributed by atoms with Crippen molar-refractivity contribution in [1.29, 1.82) is 0 Å². The van der Waals surface area contributed by atoms with Gasteiger partial charge in [0.2, 0.25) is 0 Å². The maximum atomic E-state index is 9.89. The highest BCUT2D eigenvalue weighted by Crippen LogP contribution is 1.82. The second-order valence-electron chi connectivity index (χ2n) is 2.52. The van der Waals surface area contributed by atoms with E-state index in [-0.39, 0.29) is 6.61 Å². The number of carbonyl (C=O) groups is 1.